The van der Waals surface area contributed by atoms with Gasteiger partial charge in [0.25, 0.3) is 0 Å². The fourth-order valence-electron chi connectivity index (χ4n) is 2.79. The maximum Gasteiger partial charge on any atom is 0.236 e. The molecule has 1 saturated heterocycles. The lowest BCUT2D eigenvalue weighted by Gasteiger charge is -2.17. The lowest BCUT2D eigenvalue weighted by molar-refractivity contribution is -0.122. The highest BCUT2D eigenvalue weighted by Crippen LogP contribution is 2.31. The molecule has 0 bridgehead atoms. The SMILES string of the molecule is CC(C)C[C@H](N)C(=O)NCC1CCN(C2CC2)C1. The molecule has 0 aromatic rings. The summed E-state index contributed by atoms with van der Waals surface area (Å²) in [6, 6.07) is 0.514. The van der Waals surface area contributed by atoms with E-state index in [1.165, 1.54) is 25.8 Å². The predicted molar refractivity (Wildman–Crippen MR) is 73.1 cm³/mol. The Bertz CT molecular complexity index is 289. The topological polar surface area (TPSA) is 58.4 Å². The van der Waals surface area contributed by atoms with Gasteiger partial charge in [0, 0.05) is 19.1 Å². The molecule has 0 spiro atoms. The molecular weight excluding hydrogens is 226 g/mol. The summed E-state index contributed by atoms with van der Waals surface area (Å²) in [4.78, 5) is 14.4. The third-order valence-electron chi connectivity index (χ3n) is 4.01. The fourth-order valence-corrected chi connectivity index (χ4v) is 2.79. The van der Waals surface area contributed by atoms with Crippen LogP contribution in [0, 0.1) is 11.8 Å². The van der Waals surface area contributed by atoms with E-state index in [0.29, 0.717) is 11.8 Å². The van der Waals surface area contributed by atoms with E-state index in [1.807, 2.05) is 0 Å². The van der Waals surface area contributed by atoms with Crippen molar-refractivity contribution in [3.63, 3.8) is 0 Å². The van der Waals surface area contributed by atoms with Crippen molar-refractivity contribution in [3.8, 4) is 0 Å². The molecule has 3 N–H and O–H groups in total. The van der Waals surface area contributed by atoms with Gasteiger partial charge in [0.15, 0.2) is 0 Å². The van der Waals surface area contributed by atoms with Gasteiger partial charge in [0.05, 0.1) is 6.04 Å². The Labute approximate surface area is 110 Å². The quantitative estimate of drug-likeness (QED) is 0.741. The Balaban J connectivity index is 1.63. The Morgan fingerprint density at radius 1 is 1.39 bits per heavy atom. The van der Waals surface area contributed by atoms with Gasteiger partial charge in [0.1, 0.15) is 0 Å². The molecule has 1 aliphatic heterocycles. The van der Waals surface area contributed by atoms with Gasteiger partial charge in [-0.15, -0.1) is 0 Å². The zero-order chi connectivity index (χ0) is 13.1. The van der Waals surface area contributed by atoms with E-state index < -0.39 is 0 Å². The van der Waals surface area contributed by atoms with Crippen LogP contribution in [-0.2, 0) is 4.79 Å². The van der Waals surface area contributed by atoms with Crippen LogP contribution in [0.2, 0.25) is 0 Å². The number of amides is 1. The van der Waals surface area contributed by atoms with Crippen molar-refractivity contribution in [2.24, 2.45) is 17.6 Å². The average Bonchev–Trinajstić information content (AvgIpc) is 3.05. The van der Waals surface area contributed by atoms with E-state index in [4.69, 9.17) is 5.73 Å². The minimum absolute atomic E-state index is 0.0218. The molecular formula is C14H27N3O. The van der Waals surface area contributed by atoms with Gasteiger partial charge in [-0.25, -0.2) is 0 Å². The van der Waals surface area contributed by atoms with Crippen LogP contribution in [0.5, 0.6) is 0 Å². The van der Waals surface area contributed by atoms with Crippen molar-refractivity contribution in [2.75, 3.05) is 19.6 Å². The second kappa shape index (κ2) is 6.02. The van der Waals surface area contributed by atoms with E-state index in [1.54, 1.807) is 0 Å². The highest BCUT2D eigenvalue weighted by Gasteiger charge is 2.34. The van der Waals surface area contributed by atoms with Gasteiger partial charge in [-0.05, 0) is 44.1 Å². The van der Waals surface area contributed by atoms with Gasteiger partial charge in [-0.1, -0.05) is 13.8 Å². The Kier molecular flexibility index (Phi) is 4.62. The number of carbonyl (C=O) groups excluding carboxylic acids is 1. The molecule has 4 heteroatoms. The second-order valence-electron chi connectivity index (χ2n) is 6.36. The largest absolute Gasteiger partial charge is 0.354 e. The van der Waals surface area contributed by atoms with Gasteiger partial charge in [-0.3, -0.25) is 4.79 Å². The zero-order valence-electron chi connectivity index (χ0n) is 11.7. The number of hydrogen-bond donors (Lipinski definition) is 2. The maximum atomic E-state index is 11.8. The smallest absolute Gasteiger partial charge is 0.236 e. The van der Waals surface area contributed by atoms with Crippen molar-refractivity contribution in [2.45, 2.75) is 51.6 Å². The van der Waals surface area contributed by atoms with Crippen molar-refractivity contribution < 1.29 is 4.79 Å². The summed E-state index contributed by atoms with van der Waals surface area (Å²) < 4.78 is 0. The highest BCUT2D eigenvalue weighted by atomic mass is 16.2. The first-order valence-electron chi connectivity index (χ1n) is 7.33. The van der Waals surface area contributed by atoms with E-state index >= 15 is 0 Å². The van der Waals surface area contributed by atoms with Crippen LogP contribution >= 0.6 is 0 Å². The normalized spacial score (nSPS) is 26.6. The van der Waals surface area contributed by atoms with Crippen LogP contribution in [0.15, 0.2) is 0 Å². The summed E-state index contributed by atoms with van der Waals surface area (Å²) in [6.45, 7) is 7.36. The molecule has 0 aromatic heterocycles. The summed E-state index contributed by atoms with van der Waals surface area (Å²) >= 11 is 0. The number of carbonyl (C=O) groups is 1. The summed E-state index contributed by atoms with van der Waals surface area (Å²) in [5.74, 6) is 1.12. The number of nitrogens with one attached hydrogen (secondary N) is 1. The molecule has 1 heterocycles. The molecule has 1 aliphatic carbocycles. The molecule has 1 unspecified atom stereocenters. The lowest BCUT2D eigenvalue weighted by atomic mass is 10.0. The van der Waals surface area contributed by atoms with Crippen LogP contribution in [-0.4, -0.2) is 42.5 Å². The van der Waals surface area contributed by atoms with Crippen LogP contribution in [0.25, 0.3) is 0 Å². The lowest BCUT2D eigenvalue weighted by Crippen LogP contribution is -2.43. The minimum atomic E-state index is -0.342. The molecule has 4 nitrogen and oxygen atoms in total. The third-order valence-corrected chi connectivity index (χ3v) is 4.01. The number of hydrogen-bond acceptors (Lipinski definition) is 3. The first kappa shape index (κ1) is 13.8. The van der Waals surface area contributed by atoms with Crippen molar-refractivity contribution in [1.29, 1.82) is 0 Å². The molecule has 1 saturated carbocycles. The van der Waals surface area contributed by atoms with Crippen molar-refractivity contribution in [1.82, 2.24) is 10.2 Å². The predicted octanol–water partition coefficient (Wildman–Crippen LogP) is 0.960. The van der Waals surface area contributed by atoms with E-state index in [0.717, 1.165) is 25.6 Å². The maximum absolute atomic E-state index is 11.8. The molecule has 2 fully saturated rings. The van der Waals surface area contributed by atoms with Crippen LogP contribution in [0.3, 0.4) is 0 Å². The van der Waals surface area contributed by atoms with Gasteiger partial charge in [-0.2, -0.15) is 0 Å². The Morgan fingerprint density at radius 2 is 2.11 bits per heavy atom. The molecule has 2 rings (SSSR count). The van der Waals surface area contributed by atoms with Crippen LogP contribution < -0.4 is 11.1 Å². The van der Waals surface area contributed by atoms with E-state index in [9.17, 15) is 4.79 Å². The fraction of sp³-hybridized carbons (Fsp3) is 0.929. The molecule has 2 aliphatic rings. The summed E-state index contributed by atoms with van der Waals surface area (Å²) in [7, 11) is 0. The summed E-state index contributed by atoms with van der Waals surface area (Å²) in [6.07, 6.45) is 4.73. The van der Waals surface area contributed by atoms with Gasteiger partial charge < -0.3 is 16.0 Å². The standard InChI is InChI=1S/C14H27N3O/c1-10(2)7-13(15)14(18)16-8-11-5-6-17(9-11)12-3-4-12/h10-13H,3-9,15H2,1-2H3,(H,16,18)/t11?,13-/m0/s1. The minimum Gasteiger partial charge on any atom is -0.354 e. The monoisotopic (exact) mass is 253 g/mol. The van der Waals surface area contributed by atoms with Gasteiger partial charge in [0.2, 0.25) is 5.91 Å². The number of likely N-dealkylation sites (tertiary alicyclic amines) is 1. The molecule has 0 radical (unpaired) electrons. The van der Waals surface area contributed by atoms with E-state index in [-0.39, 0.29) is 11.9 Å². The molecule has 2 atom stereocenters. The Morgan fingerprint density at radius 3 is 2.72 bits per heavy atom. The van der Waals surface area contributed by atoms with Crippen molar-refractivity contribution in [3.05, 3.63) is 0 Å². The molecule has 104 valence electrons. The number of nitrogens with zero attached hydrogens (tertiary/aromatic N) is 1. The zero-order valence-corrected chi connectivity index (χ0v) is 11.7. The highest BCUT2D eigenvalue weighted by molar-refractivity contribution is 5.81. The first-order chi connectivity index (χ1) is 8.56. The third kappa shape index (κ3) is 3.95. The van der Waals surface area contributed by atoms with E-state index in [2.05, 4.69) is 24.1 Å². The summed E-state index contributed by atoms with van der Waals surface area (Å²) in [5.41, 5.74) is 5.87. The molecule has 1 amide bonds. The molecule has 18 heavy (non-hydrogen) atoms. The van der Waals surface area contributed by atoms with Crippen molar-refractivity contribution >= 4 is 5.91 Å². The van der Waals surface area contributed by atoms with Gasteiger partial charge >= 0.3 is 0 Å². The number of rotatable bonds is 6. The van der Waals surface area contributed by atoms with Crippen LogP contribution in [0.4, 0.5) is 0 Å². The average molecular weight is 253 g/mol. The van der Waals surface area contributed by atoms with Crippen LogP contribution in [0.1, 0.15) is 39.5 Å². The molecule has 0 aromatic carbocycles. The second-order valence-corrected chi connectivity index (χ2v) is 6.36. The number of nitrogens with two attached hydrogens (primary N) is 1. The first-order valence-corrected chi connectivity index (χ1v) is 7.33. The Hall–Kier alpha value is -0.610. The summed E-state index contributed by atoms with van der Waals surface area (Å²) in [5, 5.41) is 3.02.